The van der Waals surface area contributed by atoms with Crippen molar-refractivity contribution < 1.29 is 18.0 Å². The van der Waals surface area contributed by atoms with Crippen molar-refractivity contribution in [1.82, 2.24) is 5.32 Å². The van der Waals surface area contributed by atoms with Gasteiger partial charge in [-0.3, -0.25) is 4.79 Å². The van der Waals surface area contributed by atoms with E-state index in [4.69, 9.17) is 11.6 Å². The van der Waals surface area contributed by atoms with Gasteiger partial charge in [0.05, 0.1) is 16.3 Å². The first-order valence-corrected chi connectivity index (χ1v) is 6.95. The molecule has 0 fully saturated rings. The third kappa shape index (κ3) is 4.81. The van der Waals surface area contributed by atoms with Crippen LogP contribution in [0.1, 0.15) is 26.3 Å². The van der Waals surface area contributed by atoms with Crippen LogP contribution in [0.5, 0.6) is 0 Å². The van der Waals surface area contributed by atoms with Crippen LogP contribution >= 0.6 is 11.6 Å². The number of anilines is 1. The van der Waals surface area contributed by atoms with Gasteiger partial charge in [-0.05, 0) is 31.0 Å². The molecule has 0 aliphatic heterocycles. The van der Waals surface area contributed by atoms with Crippen molar-refractivity contribution in [2.75, 3.05) is 11.9 Å². The molecule has 0 aliphatic carbocycles. The molecule has 1 aromatic carbocycles. The molecule has 0 unspecified atom stereocenters. The average Bonchev–Trinajstić information content (AvgIpc) is 2.35. The Morgan fingerprint density at radius 2 is 1.95 bits per heavy atom. The number of carbonyl (C=O) groups is 1. The van der Waals surface area contributed by atoms with Gasteiger partial charge in [-0.15, -0.1) is 0 Å². The first kappa shape index (κ1) is 17.6. The van der Waals surface area contributed by atoms with Crippen molar-refractivity contribution in [3.8, 4) is 0 Å². The number of hydrogen-bond acceptors (Lipinski definition) is 2. The Hall–Kier alpha value is -1.43. The van der Waals surface area contributed by atoms with Crippen LogP contribution in [0.3, 0.4) is 0 Å². The maximum absolute atomic E-state index is 12.6. The first-order valence-electron chi connectivity index (χ1n) is 6.57. The zero-order chi connectivity index (χ0) is 16.2. The lowest BCUT2D eigenvalue weighted by atomic mass is 10.0. The van der Waals surface area contributed by atoms with Crippen molar-refractivity contribution >= 4 is 23.2 Å². The maximum Gasteiger partial charge on any atom is 0.416 e. The van der Waals surface area contributed by atoms with Gasteiger partial charge in [-0.25, -0.2) is 0 Å². The van der Waals surface area contributed by atoms with Crippen LogP contribution in [0, 0.1) is 5.92 Å². The summed E-state index contributed by atoms with van der Waals surface area (Å²) < 4.78 is 37.7. The number of hydrogen-bond donors (Lipinski definition) is 2. The smallest absolute Gasteiger partial charge is 0.372 e. The van der Waals surface area contributed by atoms with E-state index in [0.29, 0.717) is 12.2 Å². The highest BCUT2D eigenvalue weighted by Gasteiger charge is 2.31. The van der Waals surface area contributed by atoms with E-state index in [9.17, 15) is 18.0 Å². The number of halogens is 4. The van der Waals surface area contributed by atoms with Gasteiger partial charge in [0.2, 0.25) is 5.91 Å². The van der Waals surface area contributed by atoms with E-state index in [1.807, 2.05) is 13.8 Å². The summed E-state index contributed by atoms with van der Waals surface area (Å²) in [4.78, 5) is 11.9. The largest absolute Gasteiger partial charge is 0.416 e. The molecule has 1 aromatic rings. The molecule has 0 saturated carbocycles. The summed E-state index contributed by atoms with van der Waals surface area (Å²) in [6.45, 7) is 5.95. The second kappa shape index (κ2) is 7.02. The molecule has 0 aromatic heterocycles. The highest BCUT2D eigenvalue weighted by atomic mass is 35.5. The molecule has 0 radical (unpaired) electrons. The summed E-state index contributed by atoms with van der Waals surface area (Å²) in [5.74, 6) is -0.265. The molecule has 0 bridgehead atoms. The molecule has 0 aliphatic rings. The Morgan fingerprint density at radius 3 is 2.38 bits per heavy atom. The number of amides is 1. The van der Waals surface area contributed by atoms with Gasteiger partial charge in [0.1, 0.15) is 6.04 Å². The van der Waals surface area contributed by atoms with Gasteiger partial charge in [0.25, 0.3) is 0 Å². The minimum Gasteiger partial charge on any atom is -0.372 e. The molecule has 1 amide bonds. The summed E-state index contributed by atoms with van der Waals surface area (Å²) in [7, 11) is 0. The summed E-state index contributed by atoms with van der Waals surface area (Å²) in [5.41, 5.74) is -0.522. The Kier molecular flexibility index (Phi) is 5.89. The molecule has 21 heavy (non-hydrogen) atoms. The van der Waals surface area contributed by atoms with E-state index in [1.54, 1.807) is 6.92 Å². The molecule has 2 N–H and O–H groups in total. The van der Waals surface area contributed by atoms with E-state index in [2.05, 4.69) is 10.6 Å². The molecule has 1 rings (SSSR count). The Labute approximate surface area is 126 Å². The lowest BCUT2D eigenvalue weighted by Crippen LogP contribution is -2.42. The molecule has 3 nitrogen and oxygen atoms in total. The number of likely N-dealkylation sites (N-methyl/N-ethyl adjacent to an activating group) is 1. The molecule has 118 valence electrons. The predicted molar refractivity (Wildman–Crippen MR) is 77.4 cm³/mol. The Balaban J connectivity index is 2.97. The summed E-state index contributed by atoms with van der Waals surface area (Å²) in [6, 6.07) is 2.45. The van der Waals surface area contributed by atoms with Crippen LogP contribution in [-0.4, -0.2) is 18.5 Å². The monoisotopic (exact) mass is 322 g/mol. The molecule has 0 spiro atoms. The summed E-state index contributed by atoms with van der Waals surface area (Å²) >= 11 is 5.87. The first-order chi connectivity index (χ1) is 9.66. The minimum atomic E-state index is -4.45. The van der Waals surface area contributed by atoms with Crippen LogP contribution in [0.4, 0.5) is 18.9 Å². The van der Waals surface area contributed by atoms with Crippen molar-refractivity contribution in [2.24, 2.45) is 5.92 Å². The number of benzene rings is 1. The lowest BCUT2D eigenvalue weighted by molar-refractivity contribution is -0.137. The van der Waals surface area contributed by atoms with Crippen molar-refractivity contribution in [3.63, 3.8) is 0 Å². The summed E-state index contributed by atoms with van der Waals surface area (Å²) in [6.07, 6.45) is -4.45. The molecule has 0 heterocycles. The Morgan fingerprint density at radius 1 is 1.33 bits per heavy atom. The minimum absolute atomic E-state index is 0.0464. The fourth-order valence-corrected chi connectivity index (χ4v) is 2.03. The molecular weight excluding hydrogens is 305 g/mol. The second-order valence-electron chi connectivity index (χ2n) is 4.95. The predicted octanol–water partition coefficient (Wildman–Crippen LogP) is 3.93. The van der Waals surface area contributed by atoms with Gasteiger partial charge in [-0.1, -0.05) is 25.4 Å². The van der Waals surface area contributed by atoms with Crippen LogP contribution < -0.4 is 10.6 Å². The van der Waals surface area contributed by atoms with Gasteiger partial charge in [0.15, 0.2) is 0 Å². The zero-order valence-corrected chi connectivity index (χ0v) is 12.8. The summed E-state index contributed by atoms with van der Waals surface area (Å²) in [5, 5.41) is 5.51. The van der Waals surface area contributed by atoms with Crippen LogP contribution in [0.2, 0.25) is 5.02 Å². The fraction of sp³-hybridized carbons (Fsp3) is 0.500. The van der Waals surface area contributed by atoms with E-state index < -0.39 is 17.8 Å². The van der Waals surface area contributed by atoms with Gasteiger partial charge >= 0.3 is 6.18 Å². The topological polar surface area (TPSA) is 41.1 Å². The molecular formula is C14H18ClF3N2O. The van der Waals surface area contributed by atoms with E-state index in [0.717, 1.165) is 12.1 Å². The van der Waals surface area contributed by atoms with Crippen molar-refractivity contribution in [3.05, 3.63) is 28.8 Å². The quantitative estimate of drug-likeness (QED) is 0.862. The van der Waals surface area contributed by atoms with Crippen molar-refractivity contribution in [1.29, 1.82) is 0 Å². The fourth-order valence-electron chi connectivity index (χ4n) is 1.80. The molecule has 1 atom stereocenters. The Bertz CT molecular complexity index is 503. The highest BCUT2D eigenvalue weighted by molar-refractivity contribution is 6.33. The normalized spacial score (nSPS) is 13.1. The molecule has 0 saturated heterocycles. The standard InChI is InChI=1S/C14H18ClF3N2O/c1-4-19-13(21)12(8(2)3)20-11-6-5-9(7-10(11)15)14(16,17)18/h5-8,12,20H,4H2,1-3H3,(H,19,21)/t12-/m0/s1. The number of nitrogens with one attached hydrogen (secondary N) is 2. The molecule has 7 heteroatoms. The van der Waals surface area contributed by atoms with E-state index >= 15 is 0 Å². The third-order valence-electron chi connectivity index (χ3n) is 2.91. The van der Waals surface area contributed by atoms with E-state index in [1.165, 1.54) is 6.07 Å². The lowest BCUT2D eigenvalue weighted by Gasteiger charge is -2.23. The zero-order valence-electron chi connectivity index (χ0n) is 12.0. The van der Waals surface area contributed by atoms with Crippen molar-refractivity contribution in [2.45, 2.75) is 33.0 Å². The highest BCUT2D eigenvalue weighted by Crippen LogP contribution is 2.34. The third-order valence-corrected chi connectivity index (χ3v) is 3.22. The SMILES string of the molecule is CCNC(=O)[C@@H](Nc1ccc(C(F)(F)F)cc1Cl)C(C)C. The maximum atomic E-state index is 12.6. The number of rotatable bonds is 5. The second-order valence-corrected chi connectivity index (χ2v) is 5.36. The van der Waals surface area contributed by atoms with Gasteiger partial charge < -0.3 is 10.6 Å². The number of alkyl halides is 3. The number of carbonyl (C=O) groups excluding carboxylic acids is 1. The average molecular weight is 323 g/mol. The van der Waals surface area contributed by atoms with Crippen LogP contribution in [0.25, 0.3) is 0 Å². The van der Waals surface area contributed by atoms with Gasteiger partial charge in [0, 0.05) is 6.54 Å². The van der Waals surface area contributed by atoms with Crippen LogP contribution in [0.15, 0.2) is 18.2 Å². The van der Waals surface area contributed by atoms with Crippen LogP contribution in [-0.2, 0) is 11.0 Å². The van der Waals surface area contributed by atoms with Gasteiger partial charge in [-0.2, -0.15) is 13.2 Å². The van der Waals surface area contributed by atoms with E-state index in [-0.39, 0.29) is 16.8 Å².